The molecule has 2 saturated carbocycles. The van der Waals surface area contributed by atoms with Gasteiger partial charge in [0.05, 0.1) is 39.9 Å². The number of thiazole rings is 1. The average molecular weight is 501 g/mol. The normalized spacial score (nSPS) is 25.2. The lowest BCUT2D eigenvalue weighted by atomic mass is 10.1. The summed E-state index contributed by atoms with van der Waals surface area (Å²) in [6, 6.07) is 1.51. The van der Waals surface area contributed by atoms with E-state index in [0.29, 0.717) is 30.6 Å². The van der Waals surface area contributed by atoms with Crippen LogP contribution in [0.2, 0.25) is 0 Å². The molecular formula is C24H32N6O4S. The molecule has 2 fully saturated rings. The molecule has 0 aliphatic heterocycles. The van der Waals surface area contributed by atoms with E-state index < -0.39 is 24.2 Å². The minimum atomic E-state index is -1.03. The first-order valence-corrected chi connectivity index (χ1v) is 12.9. The number of hydrogen-bond donors (Lipinski definition) is 5. The molecule has 0 aromatic carbocycles. The van der Waals surface area contributed by atoms with Crippen molar-refractivity contribution >= 4 is 33.3 Å². The number of anilines is 2. The minimum absolute atomic E-state index is 0.0234. The third-order valence-electron chi connectivity index (χ3n) is 6.91. The molecule has 3 aromatic heterocycles. The zero-order valence-corrected chi connectivity index (χ0v) is 20.9. The number of methoxy groups -OCH3 is 1. The summed E-state index contributed by atoms with van der Waals surface area (Å²) in [5.74, 6) is 1.04. The highest BCUT2D eigenvalue weighted by atomic mass is 32.1. The number of ether oxygens (including phenoxy) is 1. The van der Waals surface area contributed by atoms with Crippen molar-refractivity contribution < 1.29 is 20.1 Å². The van der Waals surface area contributed by atoms with E-state index >= 15 is 0 Å². The minimum Gasteiger partial charge on any atom is -0.396 e. The molecule has 0 bridgehead atoms. The van der Waals surface area contributed by atoms with Gasteiger partial charge in [0.2, 0.25) is 5.95 Å². The molecule has 0 unspecified atom stereocenters. The van der Waals surface area contributed by atoms with E-state index in [1.807, 2.05) is 26.1 Å². The standard InChI is InChI=1S/C24H32N6O4S/c1-11(34-3)9-26-24-27-12(2)17(22(30-24)28-15-8-14(10-31)20(32)21(15)33)23-29-19-16(35-23)6-7-25-18(19)13-4-5-13/h6-7,11,13-15,20-21,31-33H,4-5,8-10H2,1-3H3,(H2,26,27,28,30)/t11-,14-,15-,20-,21+/m1/s1. The summed E-state index contributed by atoms with van der Waals surface area (Å²) in [5.41, 5.74) is 3.47. The van der Waals surface area contributed by atoms with Crippen molar-refractivity contribution in [1.82, 2.24) is 19.9 Å². The van der Waals surface area contributed by atoms with Gasteiger partial charge in [0.15, 0.2) is 0 Å². The van der Waals surface area contributed by atoms with Crippen LogP contribution in [0.15, 0.2) is 12.3 Å². The largest absolute Gasteiger partial charge is 0.396 e. The fraction of sp³-hybridized carbons (Fsp3) is 0.583. The molecule has 5 N–H and O–H groups in total. The van der Waals surface area contributed by atoms with Gasteiger partial charge < -0.3 is 30.7 Å². The van der Waals surface area contributed by atoms with Crippen molar-refractivity contribution in [3.63, 3.8) is 0 Å². The number of aliphatic hydroxyl groups excluding tert-OH is 3. The fourth-order valence-electron chi connectivity index (χ4n) is 4.59. The van der Waals surface area contributed by atoms with Gasteiger partial charge in [-0.3, -0.25) is 4.98 Å². The lowest BCUT2D eigenvalue weighted by Crippen LogP contribution is -2.35. The maximum absolute atomic E-state index is 10.6. The Kier molecular flexibility index (Phi) is 6.86. The Balaban J connectivity index is 1.54. The summed E-state index contributed by atoms with van der Waals surface area (Å²) < 4.78 is 6.38. The van der Waals surface area contributed by atoms with E-state index in [0.717, 1.165) is 45.0 Å². The molecule has 0 saturated heterocycles. The van der Waals surface area contributed by atoms with Crippen LogP contribution >= 0.6 is 11.3 Å². The molecule has 3 heterocycles. The van der Waals surface area contributed by atoms with E-state index in [1.54, 1.807) is 18.4 Å². The Labute approximate surface area is 207 Å². The average Bonchev–Trinajstić information content (AvgIpc) is 3.55. The molecule has 0 amide bonds. The van der Waals surface area contributed by atoms with Crippen LogP contribution < -0.4 is 10.6 Å². The van der Waals surface area contributed by atoms with E-state index in [2.05, 4.69) is 20.6 Å². The maximum Gasteiger partial charge on any atom is 0.224 e. The molecule has 0 spiro atoms. The van der Waals surface area contributed by atoms with Crippen LogP contribution in [0.25, 0.3) is 20.8 Å². The van der Waals surface area contributed by atoms with Crippen LogP contribution in [0, 0.1) is 12.8 Å². The number of nitrogens with zero attached hydrogens (tertiary/aromatic N) is 4. The third-order valence-corrected chi connectivity index (χ3v) is 7.95. The molecular weight excluding hydrogens is 468 g/mol. The molecule has 10 nitrogen and oxygen atoms in total. The quantitative estimate of drug-likeness (QED) is 0.297. The number of aliphatic hydroxyl groups is 3. The van der Waals surface area contributed by atoms with Gasteiger partial charge in [-0.05, 0) is 39.2 Å². The Morgan fingerprint density at radius 3 is 2.69 bits per heavy atom. The number of aromatic nitrogens is 4. The highest BCUT2D eigenvalue weighted by molar-refractivity contribution is 7.21. The van der Waals surface area contributed by atoms with Crippen molar-refractivity contribution in [2.75, 3.05) is 30.9 Å². The van der Waals surface area contributed by atoms with Crippen molar-refractivity contribution in [3.05, 3.63) is 23.7 Å². The van der Waals surface area contributed by atoms with Gasteiger partial charge in [-0.25, -0.2) is 9.97 Å². The summed E-state index contributed by atoms with van der Waals surface area (Å²) in [5, 5.41) is 37.9. The zero-order valence-electron chi connectivity index (χ0n) is 20.1. The predicted octanol–water partition coefficient (Wildman–Crippen LogP) is 2.30. The van der Waals surface area contributed by atoms with Crippen LogP contribution in [0.1, 0.15) is 43.5 Å². The molecule has 5 rings (SSSR count). The van der Waals surface area contributed by atoms with Gasteiger partial charge in [0.1, 0.15) is 22.4 Å². The summed E-state index contributed by atoms with van der Waals surface area (Å²) in [7, 11) is 1.65. The highest BCUT2D eigenvalue weighted by Gasteiger charge is 2.41. The summed E-state index contributed by atoms with van der Waals surface area (Å²) in [6.45, 7) is 4.20. The number of aryl methyl sites for hydroxylation is 1. The number of rotatable bonds is 9. The molecule has 5 atom stereocenters. The number of pyridine rings is 1. The Morgan fingerprint density at radius 2 is 2.00 bits per heavy atom. The van der Waals surface area contributed by atoms with Crippen molar-refractivity contribution in [3.8, 4) is 10.6 Å². The van der Waals surface area contributed by atoms with Crippen LogP contribution in [-0.2, 0) is 4.74 Å². The molecule has 11 heteroatoms. The van der Waals surface area contributed by atoms with E-state index in [1.165, 1.54) is 0 Å². The number of nitrogens with one attached hydrogen (secondary N) is 2. The number of hydrogen-bond acceptors (Lipinski definition) is 11. The van der Waals surface area contributed by atoms with Crippen LogP contribution in [0.4, 0.5) is 11.8 Å². The second-order valence-electron chi connectivity index (χ2n) is 9.53. The topological polar surface area (TPSA) is 146 Å². The fourth-order valence-corrected chi connectivity index (χ4v) is 5.66. The van der Waals surface area contributed by atoms with Gasteiger partial charge >= 0.3 is 0 Å². The predicted molar refractivity (Wildman–Crippen MR) is 135 cm³/mol. The van der Waals surface area contributed by atoms with E-state index in [4.69, 9.17) is 14.7 Å². The van der Waals surface area contributed by atoms with Gasteiger partial charge in [-0.2, -0.15) is 4.98 Å². The van der Waals surface area contributed by atoms with Crippen molar-refractivity contribution in [2.45, 2.75) is 63.4 Å². The molecule has 2 aliphatic carbocycles. The zero-order chi connectivity index (χ0) is 24.7. The van der Waals surface area contributed by atoms with E-state index in [9.17, 15) is 15.3 Å². The lowest BCUT2D eigenvalue weighted by Gasteiger charge is -2.21. The van der Waals surface area contributed by atoms with Crippen LogP contribution in [-0.4, -0.2) is 79.9 Å². The monoisotopic (exact) mass is 500 g/mol. The SMILES string of the molecule is CO[C@H](C)CNc1nc(C)c(-c2nc3c(C4CC4)nccc3s2)c(N[C@@H]2C[C@H](CO)[C@@H](O)[C@H]2O)n1. The summed E-state index contributed by atoms with van der Waals surface area (Å²) >= 11 is 1.57. The molecule has 35 heavy (non-hydrogen) atoms. The highest BCUT2D eigenvalue weighted by Crippen LogP contribution is 2.44. The van der Waals surface area contributed by atoms with Gasteiger partial charge in [-0.15, -0.1) is 11.3 Å². The molecule has 188 valence electrons. The van der Waals surface area contributed by atoms with Crippen molar-refractivity contribution in [2.24, 2.45) is 5.92 Å². The van der Waals surface area contributed by atoms with Crippen LogP contribution in [0.3, 0.4) is 0 Å². The van der Waals surface area contributed by atoms with E-state index in [-0.39, 0.29) is 12.7 Å². The van der Waals surface area contributed by atoms with Crippen molar-refractivity contribution in [1.29, 1.82) is 0 Å². The van der Waals surface area contributed by atoms with Gasteiger partial charge in [0, 0.05) is 38.3 Å². The Morgan fingerprint density at radius 1 is 1.20 bits per heavy atom. The Hall–Kier alpha value is -2.44. The molecule has 2 aliphatic rings. The molecule has 3 aromatic rings. The first-order valence-electron chi connectivity index (χ1n) is 12.0. The summed E-state index contributed by atoms with van der Waals surface area (Å²) in [4.78, 5) is 19.0. The third kappa shape index (κ3) is 4.83. The maximum atomic E-state index is 10.6. The second kappa shape index (κ2) is 9.90. The first-order chi connectivity index (χ1) is 16.9. The second-order valence-corrected chi connectivity index (χ2v) is 10.6. The van der Waals surface area contributed by atoms with Gasteiger partial charge in [0.25, 0.3) is 0 Å². The van der Waals surface area contributed by atoms with Crippen LogP contribution in [0.5, 0.6) is 0 Å². The van der Waals surface area contributed by atoms with Gasteiger partial charge in [-0.1, -0.05) is 0 Å². The number of fused-ring (bicyclic) bond motifs is 1. The first kappa shape index (κ1) is 24.3. The summed E-state index contributed by atoms with van der Waals surface area (Å²) in [6.07, 6.45) is 2.49. The Bertz CT molecular complexity index is 1200. The smallest absolute Gasteiger partial charge is 0.224 e. The lowest BCUT2D eigenvalue weighted by molar-refractivity contribution is 0.00446. The molecule has 0 radical (unpaired) electrons.